The molecule has 0 saturated heterocycles. The van der Waals surface area contributed by atoms with E-state index in [-0.39, 0.29) is 5.54 Å². The van der Waals surface area contributed by atoms with Gasteiger partial charge in [0.15, 0.2) is 0 Å². The average molecular weight is 178 g/mol. The molecule has 0 fully saturated rings. The predicted octanol–water partition coefficient (Wildman–Crippen LogP) is 1.71. The number of hydrogen-bond acceptors (Lipinski definition) is 2. The zero-order valence-corrected chi connectivity index (χ0v) is 8.22. The normalized spacial score (nSPS) is 27.0. The third-order valence-corrected chi connectivity index (χ3v) is 2.33. The number of rotatable bonds is 4. The molecule has 3 N–H and O–H groups in total. The molecule has 2 nitrogen and oxygen atoms in total. The Morgan fingerprint density at radius 1 is 1.77 bits per heavy atom. The van der Waals surface area contributed by atoms with Crippen LogP contribution in [-0.2, 0) is 0 Å². The van der Waals surface area contributed by atoms with Crippen LogP contribution in [0.1, 0.15) is 19.8 Å². The van der Waals surface area contributed by atoms with Crippen LogP contribution in [0.3, 0.4) is 0 Å². The van der Waals surface area contributed by atoms with Gasteiger partial charge in [0.2, 0.25) is 0 Å². The van der Waals surface area contributed by atoms with Gasteiger partial charge in [-0.2, -0.15) is 0 Å². The van der Waals surface area contributed by atoms with Crippen molar-refractivity contribution in [3.8, 4) is 0 Å². The molecule has 0 radical (unpaired) electrons. The van der Waals surface area contributed by atoms with Gasteiger partial charge >= 0.3 is 0 Å². The minimum Gasteiger partial charge on any atom is -0.399 e. The molecule has 0 aromatic heterocycles. The molecule has 0 aromatic carbocycles. The lowest BCUT2D eigenvalue weighted by Gasteiger charge is -2.31. The first-order valence-electron chi connectivity index (χ1n) is 4.73. The molecular weight excluding hydrogens is 160 g/mol. The van der Waals surface area contributed by atoms with Crippen LogP contribution in [0, 0.1) is 0 Å². The standard InChI is InChI=1S/C11H18N2/c1-3-7-11(13-4-2)8-5-10(12)6-9-11/h3,5-6,8,13H,1,4,7,9,12H2,2H3. The van der Waals surface area contributed by atoms with Gasteiger partial charge in [0.25, 0.3) is 0 Å². The van der Waals surface area contributed by atoms with Crippen LogP contribution >= 0.6 is 0 Å². The number of likely N-dealkylation sites (N-methyl/N-ethyl adjacent to an activating group) is 1. The summed E-state index contributed by atoms with van der Waals surface area (Å²) in [6.07, 6.45) is 10.0. The summed E-state index contributed by atoms with van der Waals surface area (Å²) in [5, 5.41) is 3.46. The second kappa shape index (κ2) is 4.28. The van der Waals surface area contributed by atoms with Gasteiger partial charge < -0.3 is 11.1 Å². The Morgan fingerprint density at radius 3 is 3.00 bits per heavy atom. The fourth-order valence-corrected chi connectivity index (χ4v) is 1.66. The second-order valence-electron chi connectivity index (χ2n) is 3.42. The molecule has 0 aliphatic heterocycles. The lowest BCUT2D eigenvalue weighted by atomic mass is 9.87. The first-order chi connectivity index (χ1) is 6.22. The zero-order valence-electron chi connectivity index (χ0n) is 8.22. The highest BCUT2D eigenvalue weighted by Crippen LogP contribution is 2.23. The predicted molar refractivity (Wildman–Crippen MR) is 57.2 cm³/mol. The Hall–Kier alpha value is -1.02. The largest absolute Gasteiger partial charge is 0.399 e. The summed E-state index contributed by atoms with van der Waals surface area (Å²) in [6, 6.07) is 0. The van der Waals surface area contributed by atoms with Gasteiger partial charge in [0.1, 0.15) is 0 Å². The minimum atomic E-state index is 0.0549. The lowest BCUT2D eigenvalue weighted by Crippen LogP contribution is -2.43. The van der Waals surface area contributed by atoms with Gasteiger partial charge in [0, 0.05) is 11.2 Å². The molecule has 72 valence electrons. The van der Waals surface area contributed by atoms with Crippen molar-refractivity contribution in [1.82, 2.24) is 5.32 Å². The van der Waals surface area contributed by atoms with E-state index in [1.54, 1.807) is 0 Å². The van der Waals surface area contributed by atoms with E-state index in [1.807, 2.05) is 12.2 Å². The molecule has 0 heterocycles. The number of nitrogens with two attached hydrogens (primary N) is 1. The van der Waals surface area contributed by atoms with Crippen LogP contribution in [0.15, 0.2) is 36.6 Å². The van der Waals surface area contributed by atoms with E-state index in [0.717, 1.165) is 25.1 Å². The van der Waals surface area contributed by atoms with E-state index in [4.69, 9.17) is 5.73 Å². The SMILES string of the molecule is C=CCC1(NCC)C=CC(N)=CC1. The summed E-state index contributed by atoms with van der Waals surface area (Å²) in [6.45, 7) is 6.85. The van der Waals surface area contributed by atoms with Crippen LogP contribution in [-0.4, -0.2) is 12.1 Å². The third kappa shape index (κ3) is 2.46. The van der Waals surface area contributed by atoms with Crippen molar-refractivity contribution in [1.29, 1.82) is 0 Å². The number of nitrogens with one attached hydrogen (secondary N) is 1. The van der Waals surface area contributed by atoms with E-state index < -0.39 is 0 Å². The quantitative estimate of drug-likeness (QED) is 0.643. The van der Waals surface area contributed by atoms with Crippen molar-refractivity contribution in [3.05, 3.63) is 36.6 Å². The van der Waals surface area contributed by atoms with Gasteiger partial charge in [-0.15, -0.1) is 6.58 Å². The maximum Gasteiger partial charge on any atom is 0.0438 e. The van der Waals surface area contributed by atoms with Gasteiger partial charge in [-0.3, -0.25) is 0 Å². The van der Waals surface area contributed by atoms with Crippen LogP contribution in [0.5, 0.6) is 0 Å². The van der Waals surface area contributed by atoms with Crippen molar-refractivity contribution >= 4 is 0 Å². The van der Waals surface area contributed by atoms with Gasteiger partial charge in [-0.05, 0) is 25.5 Å². The van der Waals surface area contributed by atoms with E-state index >= 15 is 0 Å². The lowest BCUT2D eigenvalue weighted by molar-refractivity contribution is 0.415. The fraction of sp³-hybridized carbons (Fsp3) is 0.455. The molecule has 0 amide bonds. The van der Waals surface area contributed by atoms with Crippen molar-refractivity contribution in [2.75, 3.05) is 6.54 Å². The average Bonchev–Trinajstić information content (AvgIpc) is 2.11. The molecular formula is C11H18N2. The molecule has 1 unspecified atom stereocenters. The van der Waals surface area contributed by atoms with Crippen molar-refractivity contribution < 1.29 is 0 Å². The molecule has 0 aromatic rings. The summed E-state index contributed by atoms with van der Waals surface area (Å²) in [4.78, 5) is 0. The van der Waals surface area contributed by atoms with E-state index in [0.29, 0.717) is 0 Å². The van der Waals surface area contributed by atoms with Crippen molar-refractivity contribution in [2.45, 2.75) is 25.3 Å². The highest BCUT2D eigenvalue weighted by Gasteiger charge is 2.24. The Labute approximate surface area is 80.2 Å². The summed E-state index contributed by atoms with van der Waals surface area (Å²) in [5.74, 6) is 0. The van der Waals surface area contributed by atoms with E-state index in [1.165, 1.54) is 0 Å². The van der Waals surface area contributed by atoms with Gasteiger partial charge in [-0.1, -0.05) is 25.2 Å². The molecule has 1 rings (SSSR count). The Bertz CT molecular complexity index is 240. The smallest absolute Gasteiger partial charge is 0.0438 e. The van der Waals surface area contributed by atoms with Gasteiger partial charge in [0.05, 0.1) is 0 Å². The highest BCUT2D eigenvalue weighted by atomic mass is 15.0. The molecule has 0 bridgehead atoms. The molecule has 0 spiro atoms. The Morgan fingerprint density at radius 2 is 2.54 bits per heavy atom. The topological polar surface area (TPSA) is 38.0 Å². The second-order valence-corrected chi connectivity index (χ2v) is 3.42. The van der Waals surface area contributed by atoms with E-state index in [9.17, 15) is 0 Å². The first-order valence-corrected chi connectivity index (χ1v) is 4.73. The fourth-order valence-electron chi connectivity index (χ4n) is 1.66. The Kier molecular flexibility index (Phi) is 3.32. The van der Waals surface area contributed by atoms with Crippen LogP contribution in [0.2, 0.25) is 0 Å². The van der Waals surface area contributed by atoms with Crippen molar-refractivity contribution in [2.24, 2.45) is 5.73 Å². The zero-order chi connectivity index (χ0) is 9.73. The van der Waals surface area contributed by atoms with Crippen LogP contribution in [0.25, 0.3) is 0 Å². The summed E-state index contributed by atoms with van der Waals surface area (Å²) in [5.41, 5.74) is 6.58. The third-order valence-electron chi connectivity index (χ3n) is 2.33. The molecule has 1 aliphatic carbocycles. The molecule has 2 heteroatoms. The molecule has 0 saturated carbocycles. The summed E-state index contributed by atoms with van der Waals surface area (Å²) < 4.78 is 0. The monoisotopic (exact) mass is 178 g/mol. The van der Waals surface area contributed by atoms with Gasteiger partial charge in [-0.25, -0.2) is 0 Å². The van der Waals surface area contributed by atoms with Crippen molar-refractivity contribution in [3.63, 3.8) is 0 Å². The molecule has 13 heavy (non-hydrogen) atoms. The Balaban J connectivity index is 2.71. The maximum atomic E-state index is 5.67. The van der Waals surface area contributed by atoms with E-state index in [2.05, 4.69) is 31.0 Å². The maximum absolute atomic E-state index is 5.67. The minimum absolute atomic E-state index is 0.0549. The van der Waals surface area contributed by atoms with Crippen LogP contribution in [0.4, 0.5) is 0 Å². The number of allylic oxidation sites excluding steroid dienone is 1. The molecule has 1 aliphatic rings. The highest BCUT2D eigenvalue weighted by molar-refractivity contribution is 5.27. The summed E-state index contributed by atoms with van der Waals surface area (Å²) in [7, 11) is 0. The molecule has 1 atom stereocenters. The first kappa shape index (κ1) is 10.1. The summed E-state index contributed by atoms with van der Waals surface area (Å²) >= 11 is 0. The van der Waals surface area contributed by atoms with Crippen LogP contribution < -0.4 is 11.1 Å². The number of hydrogen-bond donors (Lipinski definition) is 2.